The second kappa shape index (κ2) is 4.96. The van der Waals surface area contributed by atoms with E-state index >= 15 is 0 Å². The molecule has 0 aliphatic rings. The van der Waals surface area contributed by atoms with Crippen LogP contribution in [0.4, 0.5) is 0 Å². The third-order valence-corrected chi connectivity index (χ3v) is 3.56. The molecule has 0 bridgehead atoms. The maximum Gasteiger partial charge on any atom is 0.338 e. The second-order valence-electron chi connectivity index (χ2n) is 4.35. The topological polar surface area (TPSA) is 91.2 Å². The molecule has 0 saturated carbocycles. The highest BCUT2D eigenvalue weighted by atomic mass is 32.2. The van der Waals surface area contributed by atoms with Gasteiger partial charge in [-0.3, -0.25) is 0 Å². The van der Waals surface area contributed by atoms with Crippen LogP contribution in [0.2, 0.25) is 0 Å². The fourth-order valence-electron chi connectivity index (χ4n) is 1.61. The number of nitrogens with zero attached hydrogens (tertiary/aromatic N) is 3. The quantitative estimate of drug-likeness (QED) is 0.737. The first-order valence-corrected chi connectivity index (χ1v) is 7.63. The van der Waals surface area contributed by atoms with Crippen LogP contribution in [0.1, 0.15) is 6.92 Å². The molecule has 2 aromatic rings. The Hall–Kier alpha value is -1.96. The molecule has 1 unspecified atom stereocenters. The van der Waals surface area contributed by atoms with E-state index in [1.54, 1.807) is 24.3 Å². The minimum atomic E-state index is -3.24. The number of hydrogen-bond donors (Lipinski definition) is 0. The van der Waals surface area contributed by atoms with E-state index in [1.807, 2.05) is 0 Å². The smallest absolute Gasteiger partial charge is 0.317 e. The van der Waals surface area contributed by atoms with Gasteiger partial charge in [0.1, 0.15) is 20.9 Å². The molecule has 7 nitrogen and oxygen atoms in total. The number of carbonyl (C=O) groups excluding carboxylic acids is 1. The van der Waals surface area contributed by atoms with Gasteiger partial charge in [-0.05, 0) is 17.3 Å². The van der Waals surface area contributed by atoms with Crippen molar-refractivity contribution in [3.8, 4) is 0 Å². The number of aromatic nitrogens is 3. The van der Waals surface area contributed by atoms with Gasteiger partial charge in [0.05, 0.1) is 11.7 Å². The number of sulfone groups is 1. The SMILES string of the molecule is CC(CS(C)(=O)=O)C(=O)On1nnc2ccccc21. The van der Waals surface area contributed by atoms with Crippen LogP contribution in [0, 0.1) is 5.92 Å². The van der Waals surface area contributed by atoms with Gasteiger partial charge >= 0.3 is 5.97 Å². The van der Waals surface area contributed by atoms with E-state index in [4.69, 9.17) is 4.84 Å². The van der Waals surface area contributed by atoms with Crippen molar-refractivity contribution in [2.24, 2.45) is 5.92 Å². The number of hydrogen-bond acceptors (Lipinski definition) is 6. The fraction of sp³-hybridized carbons (Fsp3) is 0.364. The highest BCUT2D eigenvalue weighted by Gasteiger charge is 2.21. The molecule has 0 amide bonds. The van der Waals surface area contributed by atoms with Crippen molar-refractivity contribution in [2.45, 2.75) is 6.92 Å². The third-order valence-electron chi connectivity index (χ3n) is 2.45. The van der Waals surface area contributed by atoms with Gasteiger partial charge in [-0.25, -0.2) is 13.2 Å². The molecule has 1 atom stereocenters. The van der Waals surface area contributed by atoms with Gasteiger partial charge in [0.25, 0.3) is 0 Å². The Kier molecular flexibility index (Phi) is 3.52. The summed E-state index contributed by atoms with van der Waals surface area (Å²) in [4.78, 5) is 17.8. The lowest BCUT2D eigenvalue weighted by molar-refractivity contribution is -0.148. The van der Waals surface area contributed by atoms with Crippen molar-refractivity contribution >= 4 is 26.8 Å². The summed E-state index contributed by atoms with van der Waals surface area (Å²) in [6, 6.07) is 6.97. The standard InChI is InChI=1S/C11H13N3O4S/c1-8(7-19(2,16)17)11(15)18-14-10-6-4-3-5-9(10)12-13-14/h3-6,8H,7H2,1-2H3. The molecule has 0 aliphatic heterocycles. The van der Waals surface area contributed by atoms with Crippen molar-refractivity contribution < 1.29 is 18.0 Å². The van der Waals surface area contributed by atoms with Crippen molar-refractivity contribution in [1.29, 1.82) is 0 Å². The zero-order valence-electron chi connectivity index (χ0n) is 10.5. The van der Waals surface area contributed by atoms with Gasteiger partial charge in [0.2, 0.25) is 0 Å². The maximum absolute atomic E-state index is 11.8. The predicted molar refractivity (Wildman–Crippen MR) is 68.0 cm³/mol. The van der Waals surface area contributed by atoms with Crippen molar-refractivity contribution in [3.05, 3.63) is 24.3 Å². The van der Waals surface area contributed by atoms with Gasteiger partial charge < -0.3 is 4.84 Å². The van der Waals surface area contributed by atoms with Gasteiger partial charge in [0.15, 0.2) is 0 Å². The molecule has 0 spiro atoms. The zero-order valence-corrected chi connectivity index (χ0v) is 11.3. The van der Waals surface area contributed by atoms with Crippen LogP contribution in [-0.4, -0.2) is 41.6 Å². The van der Waals surface area contributed by atoms with E-state index in [9.17, 15) is 13.2 Å². The average Bonchev–Trinajstić information content (AvgIpc) is 2.70. The Bertz CT molecular complexity index is 708. The predicted octanol–water partition coefficient (Wildman–Crippen LogP) is 0.0672. The highest BCUT2D eigenvalue weighted by molar-refractivity contribution is 7.90. The van der Waals surface area contributed by atoms with Gasteiger partial charge in [-0.2, -0.15) is 0 Å². The second-order valence-corrected chi connectivity index (χ2v) is 6.54. The van der Waals surface area contributed by atoms with E-state index in [0.717, 1.165) is 11.1 Å². The molecule has 0 radical (unpaired) electrons. The summed E-state index contributed by atoms with van der Waals surface area (Å²) in [7, 11) is -3.24. The van der Waals surface area contributed by atoms with Crippen LogP contribution in [-0.2, 0) is 14.6 Å². The molecule has 1 aromatic carbocycles. The van der Waals surface area contributed by atoms with E-state index in [-0.39, 0.29) is 5.75 Å². The van der Waals surface area contributed by atoms with Crippen LogP contribution in [0.3, 0.4) is 0 Å². The molecule has 19 heavy (non-hydrogen) atoms. The first kappa shape index (κ1) is 13.5. The highest BCUT2D eigenvalue weighted by Crippen LogP contribution is 2.09. The Labute approximate surface area is 110 Å². The maximum atomic E-state index is 11.8. The molecular weight excluding hydrogens is 270 g/mol. The van der Waals surface area contributed by atoms with Crippen LogP contribution < -0.4 is 4.84 Å². The molecule has 0 N–H and O–H groups in total. The summed E-state index contributed by atoms with van der Waals surface area (Å²) < 4.78 is 22.2. The van der Waals surface area contributed by atoms with Crippen LogP contribution in [0.15, 0.2) is 24.3 Å². The minimum Gasteiger partial charge on any atom is -0.317 e. The van der Waals surface area contributed by atoms with E-state index in [2.05, 4.69) is 10.3 Å². The number of rotatable bonds is 4. The Morgan fingerprint density at radius 2 is 2.11 bits per heavy atom. The molecule has 1 aromatic heterocycles. The summed E-state index contributed by atoms with van der Waals surface area (Å²) >= 11 is 0. The van der Waals surface area contributed by atoms with Gasteiger partial charge in [-0.1, -0.05) is 23.9 Å². The zero-order chi connectivity index (χ0) is 14.0. The summed E-state index contributed by atoms with van der Waals surface area (Å²) in [6.45, 7) is 1.49. The first-order valence-electron chi connectivity index (χ1n) is 5.57. The van der Waals surface area contributed by atoms with Gasteiger partial charge in [-0.15, -0.1) is 5.10 Å². The van der Waals surface area contributed by atoms with E-state index < -0.39 is 21.7 Å². The van der Waals surface area contributed by atoms with E-state index in [0.29, 0.717) is 11.0 Å². The van der Waals surface area contributed by atoms with Crippen LogP contribution in [0.5, 0.6) is 0 Å². The number of benzene rings is 1. The lowest BCUT2D eigenvalue weighted by Crippen LogP contribution is -2.30. The Balaban J connectivity index is 2.15. The molecule has 0 fully saturated rings. The molecule has 102 valence electrons. The first-order chi connectivity index (χ1) is 8.87. The molecule has 0 aliphatic carbocycles. The van der Waals surface area contributed by atoms with Crippen LogP contribution in [0.25, 0.3) is 11.0 Å². The number of fused-ring (bicyclic) bond motifs is 1. The molecule has 2 rings (SSSR count). The van der Waals surface area contributed by atoms with Crippen molar-refractivity contribution in [2.75, 3.05) is 12.0 Å². The van der Waals surface area contributed by atoms with Gasteiger partial charge in [0, 0.05) is 6.26 Å². The van der Waals surface area contributed by atoms with Crippen LogP contribution >= 0.6 is 0 Å². The Morgan fingerprint density at radius 3 is 2.79 bits per heavy atom. The number of para-hydroxylation sites is 1. The summed E-state index contributed by atoms with van der Waals surface area (Å²) in [5.74, 6) is -1.70. The lowest BCUT2D eigenvalue weighted by atomic mass is 10.2. The molecular formula is C11H13N3O4S. The minimum absolute atomic E-state index is 0.265. The summed E-state index contributed by atoms with van der Waals surface area (Å²) in [5, 5.41) is 7.51. The average molecular weight is 283 g/mol. The largest absolute Gasteiger partial charge is 0.338 e. The molecule has 1 heterocycles. The number of carbonyl (C=O) groups is 1. The monoisotopic (exact) mass is 283 g/mol. The van der Waals surface area contributed by atoms with E-state index in [1.165, 1.54) is 6.92 Å². The molecule has 8 heteroatoms. The third kappa shape index (κ3) is 3.28. The van der Waals surface area contributed by atoms with Crippen molar-refractivity contribution in [1.82, 2.24) is 15.2 Å². The Morgan fingerprint density at radius 1 is 1.42 bits per heavy atom. The molecule has 0 saturated heterocycles. The normalized spacial score (nSPS) is 13.4. The van der Waals surface area contributed by atoms with Crippen molar-refractivity contribution in [3.63, 3.8) is 0 Å². The summed E-state index contributed by atoms with van der Waals surface area (Å²) in [5.41, 5.74) is 1.13. The summed E-state index contributed by atoms with van der Waals surface area (Å²) in [6.07, 6.45) is 1.07. The fourth-order valence-corrected chi connectivity index (χ4v) is 2.66. The lowest BCUT2D eigenvalue weighted by Gasteiger charge is -2.08.